The number of methoxy groups -OCH3 is 1. The first-order valence-corrected chi connectivity index (χ1v) is 8.48. The van der Waals surface area contributed by atoms with Crippen LogP contribution in [0.2, 0.25) is 0 Å². The molecule has 0 aromatic carbocycles. The van der Waals surface area contributed by atoms with Gasteiger partial charge in [-0.15, -0.1) is 0 Å². The molecule has 0 aromatic rings. The lowest BCUT2D eigenvalue weighted by molar-refractivity contribution is -0.145. The van der Waals surface area contributed by atoms with Gasteiger partial charge in [-0.1, -0.05) is 12.7 Å². The van der Waals surface area contributed by atoms with Gasteiger partial charge in [-0.25, -0.2) is 9.59 Å². The van der Waals surface area contributed by atoms with E-state index in [9.17, 15) is 19.2 Å². The van der Waals surface area contributed by atoms with E-state index in [2.05, 4.69) is 17.2 Å². The van der Waals surface area contributed by atoms with Crippen molar-refractivity contribution < 1.29 is 33.4 Å². The minimum Gasteiger partial charge on any atom is -0.467 e. The highest BCUT2D eigenvalue weighted by Gasteiger charge is 2.53. The highest BCUT2D eigenvalue weighted by molar-refractivity contribution is 5.89. The molecular formula is C17H24N2O7. The Morgan fingerprint density at radius 2 is 2.12 bits per heavy atom. The van der Waals surface area contributed by atoms with Gasteiger partial charge in [0, 0.05) is 6.42 Å². The predicted molar refractivity (Wildman–Crippen MR) is 89.1 cm³/mol. The van der Waals surface area contributed by atoms with Crippen molar-refractivity contribution >= 4 is 23.8 Å². The Morgan fingerprint density at radius 3 is 2.77 bits per heavy atom. The molecule has 1 heterocycles. The molecule has 2 N–H and O–H groups in total. The summed E-state index contributed by atoms with van der Waals surface area (Å²) in [5.41, 5.74) is 0. The third kappa shape index (κ3) is 5.04. The van der Waals surface area contributed by atoms with Crippen molar-refractivity contribution in [1.82, 2.24) is 10.6 Å². The number of hydrogen-bond acceptors (Lipinski definition) is 7. The molecule has 0 aromatic heterocycles. The summed E-state index contributed by atoms with van der Waals surface area (Å²) in [6.45, 7) is 4.91. The number of Topliss-reactive ketones (excluding diaryl/α,β-unsaturated/α-hetero) is 1. The Balaban J connectivity index is 1.89. The first-order valence-electron chi connectivity index (χ1n) is 8.48. The molecule has 2 aliphatic rings. The molecule has 0 radical (unpaired) electrons. The van der Waals surface area contributed by atoms with Gasteiger partial charge < -0.3 is 24.8 Å². The lowest BCUT2D eigenvalue weighted by Gasteiger charge is -2.24. The van der Waals surface area contributed by atoms with Crippen molar-refractivity contribution in [1.29, 1.82) is 0 Å². The fourth-order valence-electron chi connectivity index (χ4n) is 3.00. The first kappa shape index (κ1) is 19.9. The van der Waals surface area contributed by atoms with Gasteiger partial charge in [-0.3, -0.25) is 9.59 Å². The molecule has 2 rings (SSSR count). The third-order valence-electron chi connectivity index (χ3n) is 4.47. The number of hydrogen-bond donors (Lipinski definition) is 2. The van der Waals surface area contributed by atoms with Gasteiger partial charge in [-0.2, -0.15) is 0 Å². The van der Waals surface area contributed by atoms with Crippen LogP contribution in [-0.2, 0) is 28.6 Å². The summed E-state index contributed by atoms with van der Waals surface area (Å²) in [7, 11) is 1.23. The summed E-state index contributed by atoms with van der Waals surface area (Å²) in [5, 5.41) is 4.94. The molecule has 26 heavy (non-hydrogen) atoms. The summed E-state index contributed by atoms with van der Waals surface area (Å²) in [4.78, 5) is 47.3. The molecule has 2 fully saturated rings. The van der Waals surface area contributed by atoms with Crippen LogP contribution in [0.4, 0.5) is 4.79 Å². The Morgan fingerprint density at radius 1 is 1.38 bits per heavy atom. The largest absolute Gasteiger partial charge is 0.467 e. The monoisotopic (exact) mass is 368 g/mol. The van der Waals surface area contributed by atoms with Gasteiger partial charge in [-0.05, 0) is 25.7 Å². The van der Waals surface area contributed by atoms with E-state index >= 15 is 0 Å². The number of esters is 1. The Labute approximate surface area is 151 Å². The zero-order valence-electron chi connectivity index (χ0n) is 14.9. The van der Waals surface area contributed by atoms with Crippen LogP contribution in [-0.4, -0.2) is 61.8 Å². The van der Waals surface area contributed by atoms with Crippen LogP contribution in [0.15, 0.2) is 12.7 Å². The van der Waals surface area contributed by atoms with Gasteiger partial charge >= 0.3 is 12.1 Å². The van der Waals surface area contributed by atoms with E-state index in [0.29, 0.717) is 19.3 Å². The first-order chi connectivity index (χ1) is 12.4. The summed E-state index contributed by atoms with van der Waals surface area (Å²) in [5.74, 6) is -1.06. The van der Waals surface area contributed by atoms with Gasteiger partial charge in [0.15, 0.2) is 5.78 Å². The molecule has 2 amide bonds. The van der Waals surface area contributed by atoms with Crippen LogP contribution < -0.4 is 10.6 Å². The maximum absolute atomic E-state index is 12.3. The van der Waals surface area contributed by atoms with Gasteiger partial charge in [0.25, 0.3) is 0 Å². The second kappa shape index (κ2) is 8.79. The fraction of sp³-hybridized carbons (Fsp3) is 0.647. The number of alkyl carbamates (subject to hydrolysis) is 1. The van der Waals surface area contributed by atoms with Crippen molar-refractivity contribution in [3.8, 4) is 0 Å². The average Bonchev–Trinajstić information content (AvgIpc) is 3.42. The molecule has 144 valence electrons. The highest BCUT2D eigenvalue weighted by atomic mass is 16.6. The molecule has 1 saturated carbocycles. The minimum absolute atomic E-state index is 0.0112. The number of ether oxygens (including phenoxy) is 3. The summed E-state index contributed by atoms with van der Waals surface area (Å²) in [6, 6.07) is -1.79. The fourth-order valence-corrected chi connectivity index (χ4v) is 3.00. The summed E-state index contributed by atoms with van der Waals surface area (Å²) < 4.78 is 14.9. The third-order valence-corrected chi connectivity index (χ3v) is 4.47. The van der Waals surface area contributed by atoms with Crippen LogP contribution in [0.25, 0.3) is 0 Å². The average molecular weight is 368 g/mol. The van der Waals surface area contributed by atoms with Crippen molar-refractivity contribution in [2.75, 3.05) is 13.7 Å². The van der Waals surface area contributed by atoms with Crippen molar-refractivity contribution in [3.05, 3.63) is 12.7 Å². The SMILES string of the molecule is C=CCOC(=O)N[C@@H](C)C(=O)N[C@@H](C[C@@H]1CCC(=O)[C@H]2O[C@@H]12)C(=O)OC. The summed E-state index contributed by atoms with van der Waals surface area (Å²) in [6.07, 6.45) is 1.39. The molecule has 1 aliphatic heterocycles. The number of ketones is 1. The van der Waals surface area contributed by atoms with E-state index in [-0.39, 0.29) is 30.5 Å². The zero-order valence-corrected chi connectivity index (χ0v) is 14.9. The maximum Gasteiger partial charge on any atom is 0.408 e. The predicted octanol–water partition coefficient (Wildman–Crippen LogP) is 0.0815. The molecule has 1 saturated heterocycles. The molecule has 9 heteroatoms. The molecule has 5 atom stereocenters. The zero-order chi connectivity index (χ0) is 19.3. The summed E-state index contributed by atoms with van der Waals surface area (Å²) >= 11 is 0. The van der Waals surface area contributed by atoms with Gasteiger partial charge in [0.1, 0.15) is 24.8 Å². The number of nitrogens with one attached hydrogen (secondary N) is 2. The molecule has 1 aliphatic carbocycles. The van der Waals surface area contributed by atoms with Crippen molar-refractivity contribution in [2.45, 2.75) is 50.5 Å². The molecule has 0 unspecified atom stereocenters. The van der Waals surface area contributed by atoms with E-state index in [0.717, 1.165) is 0 Å². The minimum atomic E-state index is -0.905. The number of rotatable bonds is 8. The number of epoxide rings is 1. The van der Waals surface area contributed by atoms with Crippen LogP contribution in [0.5, 0.6) is 0 Å². The van der Waals surface area contributed by atoms with E-state index in [1.54, 1.807) is 0 Å². The van der Waals surface area contributed by atoms with Crippen LogP contribution in [0.3, 0.4) is 0 Å². The number of fused-ring (bicyclic) bond motifs is 1. The van der Waals surface area contributed by atoms with E-state index in [1.165, 1.54) is 20.1 Å². The van der Waals surface area contributed by atoms with Crippen molar-refractivity contribution in [2.24, 2.45) is 5.92 Å². The van der Waals surface area contributed by atoms with Gasteiger partial charge in [0.2, 0.25) is 5.91 Å². The van der Waals surface area contributed by atoms with E-state index < -0.39 is 30.1 Å². The van der Waals surface area contributed by atoms with E-state index in [4.69, 9.17) is 14.2 Å². The van der Waals surface area contributed by atoms with E-state index in [1.807, 2.05) is 0 Å². The number of carbonyl (C=O) groups is 4. The smallest absolute Gasteiger partial charge is 0.408 e. The Bertz CT molecular complexity index is 592. The Kier molecular flexibility index (Phi) is 6.73. The van der Waals surface area contributed by atoms with Crippen LogP contribution in [0.1, 0.15) is 26.2 Å². The van der Waals surface area contributed by atoms with Crippen LogP contribution >= 0.6 is 0 Å². The topological polar surface area (TPSA) is 123 Å². The lowest BCUT2D eigenvalue weighted by atomic mass is 9.84. The van der Waals surface area contributed by atoms with Gasteiger partial charge in [0.05, 0.1) is 13.2 Å². The second-order valence-electron chi connectivity index (χ2n) is 6.36. The number of amides is 2. The standard InChI is InChI=1S/C17H24N2O7/c1-4-7-25-17(23)18-9(2)15(21)19-11(16(22)24-3)8-10-5-6-12(20)14-13(10)26-14/h4,9-11,13-14H,1,5-8H2,2-3H3,(H,18,23)(H,19,21)/t9-,10-,11-,13-,14+/m0/s1. The van der Waals surface area contributed by atoms with Crippen molar-refractivity contribution in [3.63, 3.8) is 0 Å². The highest BCUT2D eigenvalue weighted by Crippen LogP contribution is 2.40. The quantitative estimate of drug-likeness (QED) is 0.353. The van der Waals surface area contributed by atoms with Crippen LogP contribution in [0, 0.1) is 5.92 Å². The lowest BCUT2D eigenvalue weighted by Crippen LogP contribution is -2.51. The molecule has 0 spiro atoms. The normalized spacial score (nSPS) is 25.9. The maximum atomic E-state index is 12.3. The second-order valence-corrected chi connectivity index (χ2v) is 6.36. The number of carbonyl (C=O) groups excluding carboxylic acids is 4. The Hall–Kier alpha value is -2.42. The molecule has 9 nitrogen and oxygen atoms in total. The molecule has 0 bridgehead atoms. The molecular weight excluding hydrogens is 344 g/mol.